The lowest BCUT2D eigenvalue weighted by molar-refractivity contribution is -0.274. The Morgan fingerprint density at radius 1 is 1.03 bits per heavy atom. The molecule has 1 aromatic heterocycles. The molecule has 2 aromatic carbocycles. The van der Waals surface area contributed by atoms with Crippen LogP contribution in [0.5, 0.6) is 11.6 Å². The summed E-state index contributed by atoms with van der Waals surface area (Å²) < 4.78 is 42.6. The Hall–Kier alpha value is -3.38. The quantitative estimate of drug-likeness (QED) is 0.572. The summed E-state index contributed by atoms with van der Waals surface area (Å²) in [6.07, 6.45) is -2.97. The molecule has 0 atom stereocenters. The van der Waals surface area contributed by atoms with Crippen LogP contribution in [0.15, 0.2) is 69.2 Å². The molecule has 2 heterocycles. The first-order chi connectivity index (χ1) is 14.8. The van der Waals surface area contributed by atoms with Gasteiger partial charge in [-0.1, -0.05) is 36.4 Å². The van der Waals surface area contributed by atoms with Crippen LogP contribution in [0.25, 0.3) is 11.9 Å². The third-order valence-corrected chi connectivity index (χ3v) is 5.56. The van der Waals surface area contributed by atoms with E-state index in [0.29, 0.717) is 20.2 Å². The predicted octanol–water partition coefficient (Wildman–Crippen LogP) is 4.66. The first-order valence-corrected chi connectivity index (χ1v) is 9.92. The number of halogens is 3. The Morgan fingerprint density at radius 2 is 1.68 bits per heavy atom. The van der Waals surface area contributed by atoms with Crippen molar-refractivity contribution in [2.45, 2.75) is 12.9 Å². The summed E-state index contributed by atoms with van der Waals surface area (Å²) in [4.78, 5) is 0.558. The lowest BCUT2D eigenvalue weighted by Gasteiger charge is -2.10. The van der Waals surface area contributed by atoms with Gasteiger partial charge in [-0.15, -0.1) is 34.7 Å². The lowest BCUT2D eigenvalue weighted by atomic mass is 10.2. The van der Waals surface area contributed by atoms with E-state index >= 15 is 0 Å². The van der Waals surface area contributed by atoms with E-state index in [0.717, 1.165) is 10.4 Å². The van der Waals surface area contributed by atoms with Gasteiger partial charge in [-0.2, -0.15) is 0 Å². The Bertz CT molecular complexity index is 1320. The van der Waals surface area contributed by atoms with Crippen LogP contribution in [0.4, 0.5) is 13.2 Å². The lowest BCUT2D eigenvalue weighted by Crippen LogP contribution is -2.17. The molecule has 0 radical (unpaired) electrons. The van der Waals surface area contributed by atoms with Crippen LogP contribution in [0.1, 0.15) is 10.4 Å². The molecule has 1 aliphatic rings. The summed E-state index contributed by atoms with van der Waals surface area (Å²) in [6, 6.07) is 12.7. The second-order valence-corrected chi connectivity index (χ2v) is 7.98. The van der Waals surface area contributed by atoms with Crippen LogP contribution < -0.4 is 15.2 Å². The number of alkyl halides is 3. The van der Waals surface area contributed by atoms with Crippen molar-refractivity contribution >= 4 is 35.5 Å². The second-order valence-electron chi connectivity index (χ2n) is 6.30. The third-order valence-electron chi connectivity index (χ3n) is 4.18. The number of hydrogen-bond donors (Lipinski definition) is 1. The maximum absolute atomic E-state index is 12.3. The van der Waals surface area contributed by atoms with Gasteiger partial charge in [-0.05, 0) is 51.7 Å². The molecule has 0 unspecified atom stereocenters. The second kappa shape index (κ2) is 8.40. The summed E-state index contributed by atoms with van der Waals surface area (Å²) in [6.45, 7) is 0.203. The zero-order valence-corrected chi connectivity index (χ0v) is 17.1. The third kappa shape index (κ3) is 5.03. The maximum Gasteiger partial charge on any atom is 0.573 e. The minimum absolute atomic E-state index is 0.0255. The first kappa shape index (κ1) is 20.9. The van der Waals surface area contributed by atoms with Gasteiger partial charge in [-0.3, -0.25) is 4.57 Å². The van der Waals surface area contributed by atoms with Gasteiger partial charge in [-0.25, -0.2) is 0 Å². The number of aromatic nitrogens is 1. The van der Waals surface area contributed by atoms with E-state index in [1.54, 1.807) is 6.08 Å². The summed E-state index contributed by atoms with van der Waals surface area (Å²) >= 11 is 6.57. The van der Waals surface area contributed by atoms with Gasteiger partial charge in [0.15, 0.2) is 3.95 Å². The van der Waals surface area contributed by atoms with Crippen molar-refractivity contribution in [3.63, 3.8) is 0 Å². The van der Waals surface area contributed by atoms with Gasteiger partial charge in [0.1, 0.15) is 5.75 Å². The number of ether oxygens (including phenoxy) is 1. The molecule has 31 heavy (non-hydrogen) atoms. The average molecular weight is 463 g/mol. The van der Waals surface area contributed by atoms with E-state index < -0.39 is 6.36 Å². The molecule has 0 fully saturated rings. The number of rotatable bonds is 4. The minimum atomic E-state index is -4.75. The smallest absolute Gasteiger partial charge is 0.493 e. The highest BCUT2D eigenvalue weighted by molar-refractivity contribution is 7.73. The number of benzene rings is 2. The van der Waals surface area contributed by atoms with Crippen LogP contribution in [-0.4, -0.2) is 16.0 Å². The molecule has 4 rings (SSSR count). The normalized spacial score (nSPS) is 13.1. The number of nitrogens with zero attached hydrogens (tertiary/aromatic N) is 5. The Morgan fingerprint density at radius 3 is 2.29 bits per heavy atom. The van der Waals surface area contributed by atoms with Crippen LogP contribution in [0.2, 0.25) is 0 Å². The van der Waals surface area contributed by atoms with Crippen LogP contribution in [-0.2, 0) is 6.54 Å². The maximum atomic E-state index is 12.3. The van der Waals surface area contributed by atoms with E-state index in [2.05, 4.69) is 25.4 Å². The summed E-state index contributed by atoms with van der Waals surface area (Å²) in [5, 5.41) is 26.7. The molecular formula is C19H12F3N5O2S2. The standard InChI is InChI=1S/C19H12F3N5O2S2/c20-19(21,22)29-14-7-3-12(4-8-14)10-27-17(28)15(31-18(27)30)9-11-1-5-13(6-2-11)16-23-25-26-24-16/h1-9,28H,10H2. The number of hydrogen-bond acceptors (Lipinski definition) is 8. The van der Waals surface area contributed by atoms with Gasteiger partial charge in [0.2, 0.25) is 11.7 Å². The van der Waals surface area contributed by atoms with Crippen molar-refractivity contribution < 1.29 is 23.0 Å². The number of thiazole rings is 1. The summed E-state index contributed by atoms with van der Waals surface area (Å²) in [5.74, 6) is 0.0795. The van der Waals surface area contributed by atoms with Crippen molar-refractivity contribution in [1.82, 2.24) is 4.57 Å². The molecule has 0 saturated heterocycles. The van der Waals surface area contributed by atoms with Crippen molar-refractivity contribution in [3.8, 4) is 11.6 Å². The van der Waals surface area contributed by atoms with E-state index in [1.165, 1.54) is 40.2 Å². The molecule has 7 nitrogen and oxygen atoms in total. The minimum Gasteiger partial charge on any atom is -0.493 e. The van der Waals surface area contributed by atoms with Gasteiger partial charge in [0, 0.05) is 5.22 Å². The van der Waals surface area contributed by atoms with Gasteiger partial charge in [0.05, 0.1) is 11.4 Å². The molecule has 0 aliphatic carbocycles. The monoisotopic (exact) mass is 463 g/mol. The van der Waals surface area contributed by atoms with E-state index in [9.17, 15) is 18.3 Å². The average Bonchev–Trinajstić information content (AvgIpc) is 3.34. The molecule has 12 heteroatoms. The molecule has 0 saturated carbocycles. The Labute approximate surface area is 181 Å². The highest BCUT2D eigenvalue weighted by atomic mass is 32.1. The van der Waals surface area contributed by atoms with Crippen molar-refractivity contribution in [2.24, 2.45) is 20.7 Å². The fourth-order valence-corrected chi connectivity index (χ4v) is 4.03. The summed E-state index contributed by atoms with van der Waals surface area (Å²) in [7, 11) is 0. The molecule has 158 valence electrons. The highest BCUT2D eigenvalue weighted by Gasteiger charge is 2.30. The summed E-state index contributed by atoms with van der Waals surface area (Å²) in [5.41, 5.74) is 0.659. The van der Waals surface area contributed by atoms with Crippen molar-refractivity contribution in [2.75, 3.05) is 0 Å². The topological polar surface area (TPSA) is 83.8 Å². The van der Waals surface area contributed by atoms with Crippen molar-refractivity contribution in [3.05, 3.63) is 73.4 Å². The van der Waals surface area contributed by atoms with E-state index in [-0.39, 0.29) is 18.2 Å². The highest BCUT2D eigenvalue weighted by Crippen LogP contribution is 2.28. The van der Waals surface area contributed by atoms with Gasteiger partial charge < -0.3 is 9.84 Å². The van der Waals surface area contributed by atoms with E-state index in [1.807, 2.05) is 24.3 Å². The molecular weight excluding hydrogens is 451 g/mol. The molecule has 0 bridgehead atoms. The molecule has 0 amide bonds. The van der Waals surface area contributed by atoms with Crippen LogP contribution in [0.3, 0.4) is 0 Å². The molecule has 1 aliphatic heterocycles. The fraction of sp³-hybridized carbons (Fsp3) is 0.105. The van der Waals surface area contributed by atoms with Crippen molar-refractivity contribution in [1.29, 1.82) is 0 Å². The van der Waals surface area contributed by atoms with Gasteiger partial charge >= 0.3 is 6.36 Å². The number of aromatic hydroxyl groups is 1. The Kier molecular flexibility index (Phi) is 5.65. The fourth-order valence-electron chi connectivity index (χ4n) is 2.77. The van der Waals surface area contributed by atoms with Gasteiger partial charge in [0.25, 0.3) is 0 Å². The predicted molar refractivity (Wildman–Crippen MR) is 109 cm³/mol. The molecule has 0 spiro atoms. The zero-order valence-electron chi connectivity index (χ0n) is 15.4. The molecule has 3 aromatic rings. The SMILES string of the molecule is Oc1c(C=c2ccc(=C3N=NN=N3)cc2)sc(=S)n1Cc1ccc(OC(F)(F)F)cc1. The van der Waals surface area contributed by atoms with Crippen LogP contribution in [0, 0.1) is 3.95 Å². The first-order valence-electron chi connectivity index (χ1n) is 8.70. The largest absolute Gasteiger partial charge is 0.573 e. The van der Waals surface area contributed by atoms with E-state index in [4.69, 9.17) is 12.2 Å². The van der Waals surface area contributed by atoms with Crippen LogP contribution >= 0.6 is 23.6 Å². The molecule has 1 N–H and O–H groups in total. The zero-order chi connectivity index (χ0) is 22.0. The Balaban J connectivity index is 1.57.